The minimum absolute atomic E-state index is 0.0411. The van der Waals surface area contributed by atoms with Gasteiger partial charge >= 0.3 is 0 Å². The number of carbonyl (C=O) groups excluding carboxylic acids is 1. The first-order chi connectivity index (χ1) is 6.70. The molecule has 1 saturated heterocycles. The summed E-state index contributed by atoms with van der Waals surface area (Å²) >= 11 is 0. The Kier molecular flexibility index (Phi) is 3.94. The van der Waals surface area contributed by atoms with Gasteiger partial charge in [0, 0.05) is 12.6 Å². The van der Waals surface area contributed by atoms with E-state index in [2.05, 4.69) is 13.0 Å². The third-order valence-electron chi connectivity index (χ3n) is 2.87. The van der Waals surface area contributed by atoms with Gasteiger partial charge in [-0.15, -0.1) is 0 Å². The molecule has 0 aromatic heterocycles. The van der Waals surface area contributed by atoms with E-state index in [1.807, 2.05) is 11.8 Å². The third kappa shape index (κ3) is 2.25. The lowest BCUT2D eigenvalue weighted by molar-refractivity contribution is -0.134. The Morgan fingerprint density at radius 2 is 2.43 bits per heavy atom. The van der Waals surface area contributed by atoms with Crippen LogP contribution in [0.1, 0.15) is 39.5 Å². The molecule has 2 unspecified atom stereocenters. The average molecular weight is 194 g/mol. The molecule has 0 radical (unpaired) electrons. The molecule has 0 aliphatic carbocycles. The fourth-order valence-electron chi connectivity index (χ4n) is 1.99. The zero-order chi connectivity index (χ0) is 10.6. The number of hydrogen-bond acceptors (Lipinski definition) is 2. The molecule has 0 aromatic rings. The second-order valence-electron chi connectivity index (χ2n) is 3.99. The van der Waals surface area contributed by atoms with E-state index in [1.54, 1.807) is 0 Å². The fraction of sp³-hybridized carbons (Fsp3) is 0.818. The molecule has 1 aliphatic heterocycles. The van der Waals surface area contributed by atoms with Crippen LogP contribution in [-0.2, 0) is 4.79 Å². The van der Waals surface area contributed by atoms with Crippen molar-refractivity contribution in [2.24, 2.45) is 5.92 Å². The molecule has 3 heteroatoms. The van der Waals surface area contributed by atoms with E-state index < -0.39 is 5.92 Å². The number of rotatable bonds is 3. The highest BCUT2D eigenvalue weighted by molar-refractivity contribution is 5.81. The van der Waals surface area contributed by atoms with Gasteiger partial charge in [-0.1, -0.05) is 13.3 Å². The molecule has 78 valence electrons. The van der Waals surface area contributed by atoms with E-state index in [-0.39, 0.29) is 5.91 Å². The van der Waals surface area contributed by atoms with Crippen molar-refractivity contribution < 1.29 is 4.79 Å². The Balaban J connectivity index is 2.58. The van der Waals surface area contributed by atoms with Crippen molar-refractivity contribution in [1.82, 2.24) is 4.90 Å². The molecular weight excluding hydrogens is 176 g/mol. The molecule has 3 nitrogen and oxygen atoms in total. The molecule has 14 heavy (non-hydrogen) atoms. The maximum atomic E-state index is 11.9. The van der Waals surface area contributed by atoms with Crippen molar-refractivity contribution in [2.45, 2.75) is 45.6 Å². The Morgan fingerprint density at radius 1 is 1.71 bits per heavy atom. The molecular formula is C11H18N2O. The molecule has 0 aromatic carbocycles. The standard InChI is InChI=1S/C11H18N2O/c1-3-5-10(8-12)11(14)13-7-4-6-9(13)2/h9-10H,3-7H2,1-2H3. The molecule has 1 rings (SSSR count). The lowest BCUT2D eigenvalue weighted by atomic mass is 10.0. The van der Waals surface area contributed by atoms with Crippen LogP contribution in [0.2, 0.25) is 0 Å². The van der Waals surface area contributed by atoms with Gasteiger partial charge in [0.25, 0.3) is 0 Å². The largest absolute Gasteiger partial charge is 0.339 e. The molecule has 0 N–H and O–H groups in total. The van der Waals surface area contributed by atoms with Gasteiger partial charge in [-0.25, -0.2) is 0 Å². The summed E-state index contributed by atoms with van der Waals surface area (Å²) in [5.41, 5.74) is 0. The molecule has 0 spiro atoms. The molecule has 0 saturated carbocycles. The van der Waals surface area contributed by atoms with Gasteiger partial charge in [0.05, 0.1) is 6.07 Å². The van der Waals surface area contributed by atoms with Crippen LogP contribution < -0.4 is 0 Å². The Morgan fingerprint density at radius 3 is 2.86 bits per heavy atom. The van der Waals surface area contributed by atoms with Gasteiger partial charge in [0.2, 0.25) is 5.91 Å². The predicted octanol–water partition coefficient (Wildman–Crippen LogP) is 1.94. The smallest absolute Gasteiger partial charge is 0.240 e. The van der Waals surface area contributed by atoms with Crippen LogP contribution in [-0.4, -0.2) is 23.4 Å². The van der Waals surface area contributed by atoms with E-state index in [4.69, 9.17) is 5.26 Å². The van der Waals surface area contributed by atoms with Crippen molar-refractivity contribution in [1.29, 1.82) is 5.26 Å². The molecule has 1 fully saturated rings. The van der Waals surface area contributed by atoms with Gasteiger partial charge in [-0.2, -0.15) is 5.26 Å². The minimum atomic E-state index is -0.416. The fourth-order valence-corrected chi connectivity index (χ4v) is 1.99. The zero-order valence-electron chi connectivity index (χ0n) is 8.99. The maximum absolute atomic E-state index is 11.9. The average Bonchev–Trinajstić information content (AvgIpc) is 2.59. The third-order valence-corrected chi connectivity index (χ3v) is 2.87. The predicted molar refractivity (Wildman–Crippen MR) is 54.4 cm³/mol. The van der Waals surface area contributed by atoms with Gasteiger partial charge in [0.1, 0.15) is 5.92 Å². The summed E-state index contributed by atoms with van der Waals surface area (Å²) in [6, 6.07) is 2.44. The molecule has 1 amide bonds. The number of hydrogen-bond donors (Lipinski definition) is 0. The van der Waals surface area contributed by atoms with Crippen molar-refractivity contribution in [2.75, 3.05) is 6.54 Å². The van der Waals surface area contributed by atoms with Crippen LogP contribution in [0, 0.1) is 17.2 Å². The first-order valence-electron chi connectivity index (χ1n) is 5.40. The second-order valence-corrected chi connectivity index (χ2v) is 3.99. The van der Waals surface area contributed by atoms with Crippen LogP contribution in [0.4, 0.5) is 0 Å². The van der Waals surface area contributed by atoms with Gasteiger partial charge in [0.15, 0.2) is 0 Å². The first-order valence-corrected chi connectivity index (χ1v) is 5.40. The van der Waals surface area contributed by atoms with E-state index >= 15 is 0 Å². The molecule has 0 bridgehead atoms. The summed E-state index contributed by atoms with van der Waals surface area (Å²) in [5.74, 6) is -0.375. The Hall–Kier alpha value is -1.04. The summed E-state index contributed by atoms with van der Waals surface area (Å²) < 4.78 is 0. The number of nitrogens with zero attached hydrogens (tertiary/aromatic N) is 2. The van der Waals surface area contributed by atoms with Crippen LogP contribution in [0.25, 0.3) is 0 Å². The van der Waals surface area contributed by atoms with Gasteiger partial charge in [-0.3, -0.25) is 4.79 Å². The van der Waals surface area contributed by atoms with E-state index in [9.17, 15) is 4.79 Å². The summed E-state index contributed by atoms with van der Waals surface area (Å²) in [5, 5.41) is 8.88. The van der Waals surface area contributed by atoms with Gasteiger partial charge < -0.3 is 4.90 Å². The second kappa shape index (κ2) is 4.99. The lowest BCUT2D eigenvalue weighted by Crippen LogP contribution is -2.37. The lowest BCUT2D eigenvalue weighted by Gasteiger charge is -2.23. The maximum Gasteiger partial charge on any atom is 0.240 e. The highest BCUT2D eigenvalue weighted by atomic mass is 16.2. The van der Waals surface area contributed by atoms with Crippen LogP contribution >= 0.6 is 0 Å². The molecule has 1 aliphatic rings. The molecule has 2 atom stereocenters. The van der Waals surface area contributed by atoms with E-state index in [0.29, 0.717) is 12.5 Å². The summed E-state index contributed by atoms with van der Waals surface area (Å²) in [6.45, 7) is 4.90. The highest BCUT2D eigenvalue weighted by Crippen LogP contribution is 2.20. The normalized spacial score (nSPS) is 23.2. The summed E-state index contributed by atoms with van der Waals surface area (Å²) in [4.78, 5) is 13.7. The number of carbonyl (C=O) groups is 1. The Labute approximate surface area is 85.7 Å². The topological polar surface area (TPSA) is 44.1 Å². The van der Waals surface area contributed by atoms with Crippen molar-refractivity contribution in [3.8, 4) is 6.07 Å². The first kappa shape index (κ1) is 11.0. The number of likely N-dealkylation sites (tertiary alicyclic amines) is 1. The van der Waals surface area contributed by atoms with Crippen molar-refractivity contribution in [3.05, 3.63) is 0 Å². The van der Waals surface area contributed by atoms with Crippen LogP contribution in [0.15, 0.2) is 0 Å². The zero-order valence-corrected chi connectivity index (χ0v) is 8.99. The monoisotopic (exact) mass is 194 g/mol. The van der Waals surface area contributed by atoms with Crippen molar-refractivity contribution in [3.63, 3.8) is 0 Å². The van der Waals surface area contributed by atoms with Crippen LogP contribution in [0.3, 0.4) is 0 Å². The van der Waals surface area contributed by atoms with Gasteiger partial charge in [-0.05, 0) is 26.2 Å². The summed E-state index contributed by atoms with van der Waals surface area (Å²) in [6.07, 6.45) is 3.75. The van der Waals surface area contributed by atoms with E-state index in [1.165, 1.54) is 0 Å². The Bertz CT molecular complexity index is 244. The van der Waals surface area contributed by atoms with E-state index in [0.717, 1.165) is 25.8 Å². The SMILES string of the molecule is CCCC(C#N)C(=O)N1CCCC1C. The molecule has 1 heterocycles. The summed E-state index contributed by atoms with van der Waals surface area (Å²) in [7, 11) is 0. The number of nitriles is 1. The number of amides is 1. The quantitative estimate of drug-likeness (QED) is 0.689. The van der Waals surface area contributed by atoms with Crippen molar-refractivity contribution >= 4 is 5.91 Å². The van der Waals surface area contributed by atoms with Crippen LogP contribution in [0.5, 0.6) is 0 Å². The minimum Gasteiger partial charge on any atom is -0.339 e. The highest BCUT2D eigenvalue weighted by Gasteiger charge is 2.29.